The summed E-state index contributed by atoms with van der Waals surface area (Å²) in [6, 6.07) is 11.8. The molecule has 2 N–H and O–H groups in total. The molecule has 0 unspecified atom stereocenters. The SMILES string of the molecule is CC(=O)Nc1ccc(S(=O)(=O)N(c2ccccc2C(F)(F)F)S(=O)(=O)c2ccc(NC(C)=O)cc2)cc1. The first-order chi connectivity index (χ1) is 17.1. The Hall–Kier alpha value is -3.91. The smallest absolute Gasteiger partial charge is 0.326 e. The number of sulfonamides is 2. The molecule has 0 bridgehead atoms. The Bertz CT molecular complexity index is 1450. The number of halogens is 3. The zero-order chi connectivity index (χ0) is 27.6. The predicted molar refractivity (Wildman–Crippen MR) is 130 cm³/mol. The normalized spacial score (nSPS) is 12.0. The van der Waals surface area contributed by atoms with Crippen LogP contribution in [0.25, 0.3) is 0 Å². The van der Waals surface area contributed by atoms with Crippen LogP contribution in [0.2, 0.25) is 0 Å². The van der Waals surface area contributed by atoms with E-state index in [1.807, 2.05) is 0 Å². The van der Waals surface area contributed by atoms with Crippen LogP contribution in [0.15, 0.2) is 82.6 Å². The molecule has 0 aromatic heterocycles. The first-order valence-corrected chi connectivity index (χ1v) is 13.2. The molecule has 0 aliphatic heterocycles. The van der Waals surface area contributed by atoms with Crippen LogP contribution in [0, 0.1) is 0 Å². The number of hydrogen-bond acceptors (Lipinski definition) is 6. The maximum absolute atomic E-state index is 13.8. The minimum atomic E-state index is -5.15. The number of carbonyl (C=O) groups excluding carboxylic acids is 2. The van der Waals surface area contributed by atoms with E-state index in [0.717, 1.165) is 66.7 Å². The van der Waals surface area contributed by atoms with E-state index in [1.54, 1.807) is 0 Å². The van der Waals surface area contributed by atoms with Gasteiger partial charge in [-0.3, -0.25) is 9.59 Å². The maximum Gasteiger partial charge on any atom is 0.418 e. The van der Waals surface area contributed by atoms with Crippen molar-refractivity contribution in [2.24, 2.45) is 0 Å². The molecule has 196 valence electrons. The van der Waals surface area contributed by atoms with Crippen LogP contribution < -0.4 is 14.3 Å². The van der Waals surface area contributed by atoms with Crippen LogP contribution >= 0.6 is 0 Å². The first kappa shape index (κ1) is 27.7. The van der Waals surface area contributed by atoms with Gasteiger partial charge in [-0.2, -0.15) is 16.9 Å². The van der Waals surface area contributed by atoms with Gasteiger partial charge in [-0.05, 0) is 60.7 Å². The molecule has 0 fully saturated rings. The lowest BCUT2D eigenvalue weighted by atomic mass is 10.2. The van der Waals surface area contributed by atoms with E-state index in [4.69, 9.17) is 0 Å². The molecule has 0 spiro atoms. The first-order valence-electron chi connectivity index (χ1n) is 10.4. The number of hydrogen-bond donors (Lipinski definition) is 2. The number of benzene rings is 3. The topological polar surface area (TPSA) is 130 Å². The molecule has 0 saturated carbocycles. The summed E-state index contributed by atoms with van der Waals surface area (Å²) in [5.41, 5.74) is -2.26. The van der Waals surface area contributed by atoms with Gasteiger partial charge in [0.2, 0.25) is 11.8 Å². The van der Waals surface area contributed by atoms with Crippen molar-refractivity contribution < 1.29 is 39.6 Å². The molecular weight excluding hydrogens is 535 g/mol. The highest BCUT2D eigenvalue weighted by molar-refractivity contribution is 8.10. The van der Waals surface area contributed by atoms with Crippen molar-refractivity contribution in [3.63, 3.8) is 0 Å². The fraction of sp³-hybridized carbons (Fsp3) is 0.130. The molecule has 0 saturated heterocycles. The molecule has 0 radical (unpaired) electrons. The lowest BCUT2D eigenvalue weighted by Crippen LogP contribution is -2.38. The van der Waals surface area contributed by atoms with Crippen molar-refractivity contribution >= 4 is 48.9 Å². The van der Waals surface area contributed by atoms with Crippen LogP contribution in [0.5, 0.6) is 0 Å². The number of nitrogens with one attached hydrogen (secondary N) is 2. The lowest BCUT2D eigenvalue weighted by Gasteiger charge is -2.26. The van der Waals surface area contributed by atoms with Crippen molar-refractivity contribution in [1.82, 2.24) is 0 Å². The largest absolute Gasteiger partial charge is 0.418 e. The monoisotopic (exact) mass is 555 g/mol. The Labute approximate surface area is 211 Å². The molecular formula is C23H20F3N3O6S2. The predicted octanol–water partition coefficient (Wildman–Crippen LogP) is 4.21. The van der Waals surface area contributed by atoms with E-state index in [-0.39, 0.29) is 15.1 Å². The van der Waals surface area contributed by atoms with Gasteiger partial charge < -0.3 is 10.6 Å². The van der Waals surface area contributed by atoms with Gasteiger partial charge >= 0.3 is 6.18 Å². The van der Waals surface area contributed by atoms with Crippen LogP contribution in [0.3, 0.4) is 0 Å². The van der Waals surface area contributed by atoms with Crippen molar-refractivity contribution in [2.45, 2.75) is 29.8 Å². The molecule has 0 heterocycles. The van der Waals surface area contributed by atoms with Crippen molar-refractivity contribution in [3.05, 3.63) is 78.4 Å². The van der Waals surface area contributed by atoms with Gasteiger partial charge in [-0.15, -0.1) is 0 Å². The number of anilines is 3. The molecule has 0 aliphatic rings. The summed E-state index contributed by atoms with van der Waals surface area (Å²) in [5.74, 6) is -0.914. The molecule has 2 amide bonds. The standard InChI is InChI=1S/C23H20F3N3O6S2/c1-15(30)27-17-7-11-19(12-8-17)36(32,33)29(22-6-4-3-5-21(22)23(24,25)26)37(34,35)20-13-9-18(10-14-20)28-16(2)31/h3-14H,1-2H3,(H,27,30)(H,28,31). The van der Waals surface area contributed by atoms with Gasteiger partial charge in [0.25, 0.3) is 20.0 Å². The number of nitrogens with zero attached hydrogens (tertiary/aromatic N) is 1. The summed E-state index contributed by atoms with van der Waals surface area (Å²) < 4.78 is 95.7. The summed E-state index contributed by atoms with van der Waals surface area (Å²) in [4.78, 5) is 21.2. The van der Waals surface area contributed by atoms with Crippen LogP contribution in [-0.2, 0) is 35.8 Å². The fourth-order valence-corrected chi connectivity index (χ4v) is 7.01. The Morgan fingerprint density at radius 1 is 0.676 bits per heavy atom. The number of para-hydroxylation sites is 1. The second-order valence-electron chi connectivity index (χ2n) is 7.63. The zero-order valence-electron chi connectivity index (χ0n) is 19.3. The summed E-state index contributed by atoms with van der Waals surface area (Å²) >= 11 is 0. The van der Waals surface area contributed by atoms with E-state index in [1.165, 1.54) is 13.8 Å². The third-order valence-electron chi connectivity index (χ3n) is 4.79. The molecule has 3 rings (SSSR count). The van der Waals surface area contributed by atoms with E-state index in [2.05, 4.69) is 10.6 Å². The number of alkyl halides is 3. The van der Waals surface area contributed by atoms with Crippen molar-refractivity contribution in [3.8, 4) is 0 Å². The fourth-order valence-electron chi connectivity index (χ4n) is 3.28. The van der Waals surface area contributed by atoms with E-state index < -0.39 is 59.1 Å². The quantitative estimate of drug-likeness (QED) is 0.449. The average Bonchev–Trinajstić information content (AvgIpc) is 2.78. The summed E-state index contributed by atoms with van der Waals surface area (Å²) in [6.45, 7) is 2.43. The van der Waals surface area contributed by atoms with Crippen LogP contribution in [-0.4, -0.2) is 28.6 Å². The van der Waals surface area contributed by atoms with Crippen molar-refractivity contribution in [2.75, 3.05) is 14.3 Å². The highest BCUT2D eigenvalue weighted by Gasteiger charge is 2.43. The summed E-state index contributed by atoms with van der Waals surface area (Å²) in [7, 11) is -10.3. The van der Waals surface area contributed by atoms with Gasteiger partial charge in [-0.1, -0.05) is 12.1 Å². The van der Waals surface area contributed by atoms with Gasteiger partial charge in [0.1, 0.15) is 0 Å². The highest BCUT2D eigenvalue weighted by atomic mass is 32.3. The van der Waals surface area contributed by atoms with Gasteiger partial charge in [0.05, 0.1) is 21.0 Å². The Morgan fingerprint density at radius 2 is 1.05 bits per heavy atom. The summed E-state index contributed by atoms with van der Waals surface area (Å²) in [5, 5.41) is 4.81. The maximum atomic E-state index is 13.8. The summed E-state index contributed by atoms with van der Waals surface area (Å²) in [6.07, 6.45) is -5.09. The van der Waals surface area contributed by atoms with Crippen LogP contribution in [0.4, 0.5) is 30.2 Å². The average molecular weight is 556 g/mol. The minimum absolute atomic E-state index is 0.185. The molecule has 9 nitrogen and oxygen atoms in total. The Morgan fingerprint density at radius 3 is 1.41 bits per heavy atom. The molecule has 0 atom stereocenters. The van der Waals surface area contributed by atoms with Crippen molar-refractivity contribution in [1.29, 1.82) is 0 Å². The molecule has 3 aromatic carbocycles. The van der Waals surface area contributed by atoms with E-state index >= 15 is 0 Å². The second-order valence-corrected chi connectivity index (χ2v) is 11.4. The van der Waals surface area contributed by atoms with E-state index in [0.29, 0.717) is 6.07 Å². The second kappa shape index (κ2) is 10.2. The van der Waals surface area contributed by atoms with Gasteiger partial charge in [0.15, 0.2) is 0 Å². The van der Waals surface area contributed by atoms with Gasteiger partial charge in [0, 0.05) is 25.2 Å². The lowest BCUT2D eigenvalue weighted by molar-refractivity contribution is -0.137. The third-order valence-corrected chi connectivity index (χ3v) is 8.97. The molecule has 0 aliphatic carbocycles. The Kier molecular flexibility index (Phi) is 7.64. The minimum Gasteiger partial charge on any atom is -0.326 e. The number of amides is 2. The zero-order valence-corrected chi connectivity index (χ0v) is 20.9. The number of carbonyl (C=O) groups is 2. The number of rotatable bonds is 7. The van der Waals surface area contributed by atoms with E-state index in [9.17, 15) is 39.6 Å². The highest BCUT2D eigenvalue weighted by Crippen LogP contribution is 2.41. The Balaban J connectivity index is 2.24. The molecule has 37 heavy (non-hydrogen) atoms. The van der Waals surface area contributed by atoms with Crippen LogP contribution in [0.1, 0.15) is 19.4 Å². The third kappa shape index (κ3) is 6.09. The molecule has 3 aromatic rings. The van der Waals surface area contributed by atoms with Gasteiger partial charge in [-0.25, -0.2) is 16.8 Å². The molecule has 14 heteroatoms.